The van der Waals surface area contributed by atoms with Gasteiger partial charge in [0.2, 0.25) is 0 Å². The number of phenolic OH excluding ortho intramolecular Hbond substituents is 2. The third-order valence-electron chi connectivity index (χ3n) is 3.04. The summed E-state index contributed by atoms with van der Waals surface area (Å²) in [6.45, 7) is 0. The van der Waals surface area contributed by atoms with Crippen LogP contribution in [-0.2, 0) is 6.18 Å². The number of hydrogen-bond donors (Lipinski definition) is 3. The van der Waals surface area contributed by atoms with Gasteiger partial charge in [0.15, 0.2) is 0 Å². The van der Waals surface area contributed by atoms with Crippen molar-refractivity contribution in [2.75, 3.05) is 0 Å². The number of hydrazone groups is 1. The van der Waals surface area contributed by atoms with Gasteiger partial charge in [-0.2, -0.15) is 18.3 Å². The fourth-order valence-corrected chi connectivity index (χ4v) is 2.90. The lowest BCUT2D eigenvalue weighted by molar-refractivity contribution is -0.137. The van der Waals surface area contributed by atoms with E-state index in [1.807, 2.05) is 0 Å². The van der Waals surface area contributed by atoms with E-state index in [9.17, 15) is 28.2 Å². The summed E-state index contributed by atoms with van der Waals surface area (Å²) in [7, 11) is 0. The Bertz CT molecular complexity index is 837. The zero-order chi connectivity index (χ0) is 18.8. The van der Waals surface area contributed by atoms with Gasteiger partial charge in [-0.3, -0.25) is 4.79 Å². The molecule has 0 aromatic heterocycles. The van der Waals surface area contributed by atoms with E-state index in [2.05, 4.69) is 42.4 Å². The second kappa shape index (κ2) is 7.44. The third-order valence-corrected chi connectivity index (χ3v) is 4.40. The number of hydrogen-bond acceptors (Lipinski definition) is 4. The van der Waals surface area contributed by atoms with Crippen LogP contribution in [0, 0.1) is 0 Å². The Labute approximate surface area is 156 Å². The molecule has 0 atom stereocenters. The van der Waals surface area contributed by atoms with Gasteiger partial charge in [0, 0.05) is 11.1 Å². The first kappa shape index (κ1) is 19.3. The second-order valence-corrected chi connectivity index (χ2v) is 6.38. The number of aromatic hydroxyl groups is 2. The van der Waals surface area contributed by atoms with Gasteiger partial charge >= 0.3 is 6.18 Å². The number of nitrogens with one attached hydrogen (secondary N) is 1. The average molecular weight is 482 g/mol. The van der Waals surface area contributed by atoms with Gasteiger partial charge in [-0.25, -0.2) is 5.43 Å². The molecule has 0 saturated heterocycles. The molecule has 25 heavy (non-hydrogen) atoms. The number of benzene rings is 2. The molecule has 0 heterocycles. The maximum Gasteiger partial charge on any atom is 0.416 e. The molecule has 1 amide bonds. The van der Waals surface area contributed by atoms with Crippen LogP contribution < -0.4 is 5.43 Å². The smallest absolute Gasteiger partial charge is 0.416 e. The van der Waals surface area contributed by atoms with Crippen molar-refractivity contribution in [3.05, 3.63) is 56.0 Å². The highest BCUT2D eigenvalue weighted by Crippen LogP contribution is 2.40. The predicted molar refractivity (Wildman–Crippen MR) is 91.7 cm³/mol. The summed E-state index contributed by atoms with van der Waals surface area (Å²) in [4.78, 5) is 11.8. The normalized spacial score (nSPS) is 11.7. The van der Waals surface area contributed by atoms with Gasteiger partial charge in [0.25, 0.3) is 5.91 Å². The molecule has 2 aromatic carbocycles. The molecule has 0 aliphatic heterocycles. The predicted octanol–water partition coefficient (Wildman–Crippen LogP) is 4.41. The number of halogens is 5. The molecular formula is C15H9Br2F3N2O3. The molecule has 2 aromatic rings. The van der Waals surface area contributed by atoms with E-state index in [0.717, 1.165) is 30.5 Å². The van der Waals surface area contributed by atoms with Crippen LogP contribution in [0.5, 0.6) is 11.5 Å². The van der Waals surface area contributed by atoms with Crippen molar-refractivity contribution in [3.63, 3.8) is 0 Å². The number of carbonyl (C=O) groups is 1. The monoisotopic (exact) mass is 480 g/mol. The van der Waals surface area contributed by atoms with Crippen LogP contribution in [0.4, 0.5) is 13.2 Å². The number of rotatable bonds is 3. The minimum atomic E-state index is -4.48. The largest absolute Gasteiger partial charge is 0.506 e. The molecule has 0 fully saturated rings. The van der Waals surface area contributed by atoms with Crippen LogP contribution in [0.3, 0.4) is 0 Å². The van der Waals surface area contributed by atoms with Crippen LogP contribution in [0.2, 0.25) is 0 Å². The Morgan fingerprint density at radius 3 is 2.28 bits per heavy atom. The Kier molecular flexibility index (Phi) is 5.73. The van der Waals surface area contributed by atoms with Crippen molar-refractivity contribution >= 4 is 44.0 Å². The zero-order valence-electron chi connectivity index (χ0n) is 12.1. The minimum absolute atomic E-state index is 0.0116. The molecule has 0 aliphatic rings. The summed E-state index contributed by atoms with van der Waals surface area (Å²) in [5.74, 6) is -1.22. The van der Waals surface area contributed by atoms with Crippen molar-refractivity contribution in [3.8, 4) is 11.5 Å². The van der Waals surface area contributed by atoms with Crippen LogP contribution in [0.1, 0.15) is 21.5 Å². The summed E-state index contributed by atoms with van der Waals surface area (Å²) in [5, 5.41) is 23.1. The SMILES string of the molecule is O=C(N/N=C/c1cc(Br)c(O)c(Br)c1O)c1ccc(C(F)(F)F)cc1. The zero-order valence-corrected chi connectivity index (χ0v) is 15.3. The Balaban J connectivity index is 2.11. The summed E-state index contributed by atoms with van der Waals surface area (Å²) in [6, 6.07) is 5.00. The van der Waals surface area contributed by atoms with Crippen LogP contribution in [0.25, 0.3) is 0 Å². The van der Waals surface area contributed by atoms with Gasteiger partial charge in [0.1, 0.15) is 16.0 Å². The van der Waals surface area contributed by atoms with Crippen LogP contribution >= 0.6 is 31.9 Å². The standard InChI is InChI=1S/C15H9Br2F3N2O3/c16-10-5-8(12(23)11(17)13(10)24)6-21-22-14(25)7-1-3-9(4-2-7)15(18,19)20/h1-6,23-24H,(H,22,25)/b21-6+. The van der Waals surface area contributed by atoms with E-state index in [1.165, 1.54) is 6.07 Å². The summed E-state index contributed by atoms with van der Waals surface area (Å²) in [6.07, 6.45) is -3.36. The number of phenols is 2. The Morgan fingerprint density at radius 2 is 1.72 bits per heavy atom. The maximum absolute atomic E-state index is 12.5. The average Bonchev–Trinajstić information content (AvgIpc) is 2.56. The van der Waals surface area contributed by atoms with Crippen molar-refractivity contribution in [2.24, 2.45) is 5.10 Å². The van der Waals surface area contributed by atoms with Gasteiger partial charge in [-0.1, -0.05) is 0 Å². The first-order valence-corrected chi connectivity index (χ1v) is 8.10. The van der Waals surface area contributed by atoms with E-state index in [0.29, 0.717) is 0 Å². The van der Waals surface area contributed by atoms with Crippen molar-refractivity contribution in [1.29, 1.82) is 0 Å². The maximum atomic E-state index is 12.5. The van der Waals surface area contributed by atoms with E-state index >= 15 is 0 Å². The molecule has 2 rings (SSSR count). The number of carbonyl (C=O) groups excluding carboxylic acids is 1. The van der Waals surface area contributed by atoms with Crippen molar-refractivity contribution in [2.45, 2.75) is 6.18 Å². The first-order valence-electron chi connectivity index (χ1n) is 6.52. The van der Waals surface area contributed by atoms with Gasteiger partial charge < -0.3 is 10.2 Å². The molecule has 0 aliphatic carbocycles. The molecule has 10 heteroatoms. The number of nitrogens with zero attached hydrogens (tertiary/aromatic N) is 1. The Morgan fingerprint density at radius 1 is 1.12 bits per heavy atom. The van der Waals surface area contributed by atoms with Gasteiger partial charge in [0.05, 0.1) is 16.3 Å². The Hall–Kier alpha value is -2.07. The lowest BCUT2D eigenvalue weighted by Crippen LogP contribution is -2.18. The lowest BCUT2D eigenvalue weighted by Gasteiger charge is -2.07. The van der Waals surface area contributed by atoms with Gasteiger partial charge in [-0.05, 0) is 62.2 Å². The molecule has 132 valence electrons. The summed E-state index contributed by atoms with van der Waals surface area (Å²) < 4.78 is 37.7. The number of alkyl halides is 3. The molecule has 0 saturated carbocycles. The van der Waals surface area contributed by atoms with Crippen molar-refractivity contribution in [1.82, 2.24) is 5.43 Å². The van der Waals surface area contributed by atoms with Crippen LogP contribution in [-0.4, -0.2) is 22.3 Å². The summed E-state index contributed by atoms with van der Waals surface area (Å²) >= 11 is 6.07. The molecule has 3 N–H and O–H groups in total. The molecule has 0 spiro atoms. The van der Waals surface area contributed by atoms with E-state index in [1.54, 1.807) is 0 Å². The van der Waals surface area contributed by atoms with E-state index in [-0.39, 0.29) is 31.6 Å². The van der Waals surface area contributed by atoms with Crippen LogP contribution in [0.15, 0.2) is 44.4 Å². The highest BCUT2D eigenvalue weighted by molar-refractivity contribution is 9.11. The topological polar surface area (TPSA) is 81.9 Å². The number of amides is 1. The summed E-state index contributed by atoms with van der Waals surface area (Å²) in [5.41, 5.74) is 1.44. The quantitative estimate of drug-likeness (QED) is 0.448. The van der Waals surface area contributed by atoms with Gasteiger partial charge in [-0.15, -0.1) is 0 Å². The first-order chi connectivity index (χ1) is 11.6. The molecule has 0 radical (unpaired) electrons. The molecular weight excluding hydrogens is 473 g/mol. The minimum Gasteiger partial charge on any atom is -0.506 e. The third kappa shape index (κ3) is 4.51. The molecule has 0 unspecified atom stereocenters. The fourth-order valence-electron chi connectivity index (χ4n) is 1.75. The highest BCUT2D eigenvalue weighted by atomic mass is 79.9. The highest BCUT2D eigenvalue weighted by Gasteiger charge is 2.30. The second-order valence-electron chi connectivity index (χ2n) is 4.73. The van der Waals surface area contributed by atoms with E-state index in [4.69, 9.17) is 0 Å². The molecule has 0 bridgehead atoms. The molecule has 5 nitrogen and oxygen atoms in total. The lowest BCUT2D eigenvalue weighted by atomic mass is 10.1. The van der Waals surface area contributed by atoms with Crippen molar-refractivity contribution < 1.29 is 28.2 Å². The van der Waals surface area contributed by atoms with E-state index < -0.39 is 17.6 Å². The fraction of sp³-hybridized carbons (Fsp3) is 0.0667.